The average molecular weight is 308 g/mol. The molecule has 0 bridgehead atoms. The Kier molecular flexibility index (Phi) is 3.93. The number of pyridine rings is 1. The van der Waals surface area contributed by atoms with Gasteiger partial charge in [0.25, 0.3) is 10.0 Å². The van der Waals surface area contributed by atoms with Gasteiger partial charge in [0.1, 0.15) is 0 Å². The fourth-order valence-corrected chi connectivity index (χ4v) is 2.91. The maximum atomic E-state index is 12.2. The summed E-state index contributed by atoms with van der Waals surface area (Å²) in [7, 11) is -3.79. The first-order valence-electron chi connectivity index (χ1n) is 5.58. The van der Waals surface area contributed by atoms with Crippen molar-refractivity contribution in [3.63, 3.8) is 0 Å². The van der Waals surface area contributed by atoms with Crippen LogP contribution < -0.4 is 4.72 Å². The number of aromatic nitrogens is 1. The molecular weight excluding hydrogens is 298 g/mol. The molecule has 0 aliphatic heterocycles. The van der Waals surface area contributed by atoms with E-state index in [1.807, 2.05) is 6.07 Å². The highest BCUT2D eigenvalue weighted by Crippen LogP contribution is 2.22. The second-order valence-electron chi connectivity index (χ2n) is 4.03. The quantitative estimate of drug-likeness (QED) is 0.945. The first kappa shape index (κ1) is 14.3. The molecule has 0 unspecified atom stereocenters. The van der Waals surface area contributed by atoms with Crippen molar-refractivity contribution >= 4 is 27.4 Å². The molecule has 1 aromatic carbocycles. The minimum Gasteiger partial charge on any atom is -0.262 e. The lowest BCUT2D eigenvalue weighted by molar-refractivity contribution is 0.601. The normalized spacial score (nSPS) is 10.8. The lowest BCUT2D eigenvalue weighted by Crippen LogP contribution is -2.14. The van der Waals surface area contributed by atoms with Crippen molar-refractivity contribution in [2.45, 2.75) is 11.8 Å². The summed E-state index contributed by atoms with van der Waals surface area (Å²) in [6.45, 7) is 1.67. The van der Waals surface area contributed by atoms with E-state index >= 15 is 0 Å². The highest BCUT2D eigenvalue weighted by Gasteiger charge is 2.17. The summed E-state index contributed by atoms with van der Waals surface area (Å²) >= 11 is 5.86. The summed E-state index contributed by atoms with van der Waals surface area (Å²) < 4.78 is 26.7. The van der Waals surface area contributed by atoms with Crippen molar-refractivity contribution in [1.82, 2.24) is 4.98 Å². The van der Waals surface area contributed by atoms with E-state index in [4.69, 9.17) is 16.9 Å². The fraction of sp³-hybridized carbons (Fsp3) is 0.0769. The van der Waals surface area contributed by atoms with Crippen molar-refractivity contribution in [1.29, 1.82) is 5.26 Å². The third-order valence-corrected chi connectivity index (χ3v) is 4.26. The van der Waals surface area contributed by atoms with Crippen molar-refractivity contribution < 1.29 is 8.42 Å². The molecule has 5 nitrogen and oxygen atoms in total. The molecule has 0 atom stereocenters. The van der Waals surface area contributed by atoms with Crippen LogP contribution in [0.25, 0.3) is 0 Å². The maximum absolute atomic E-state index is 12.2. The fourth-order valence-electron chi connectivity index (χ4n) is 1.58. The molecule has 0 spiro atoms. The molecule has 1 aromatic heterocycles. The number of hydrogen-bond donors (Lipinski definition) is 1. The Morgan fingerprint density at radius 1 is 1.35 bits per heavy atom. The van der Waals surface area contributed by atoms with Gasteiger partial charge in [-0.3, -0.25) is 4.72 Å². The van der Waals surface area contributed by atoms with Crippen LogP contribution in [0.3, 0.4) is 0 Å². The van der Waals surface area contributed by atoms with Crippen LogP contribution in [0.1, 0.15) is 11.1 Å². The monoisotopic (exact) mass is 307 g/mol. The molecule has 1 heterocycles. The molecule has 7 heteroatoms. The van der Waals surface area contributed by atoms with Gasteiger partial charge in [0.05, 0.1) is 21.6 Å². The van der Waals surface area contributed by atoms with E-state index in [9.17, 15) is 8.42 Å². The van der Waals surface area contributed by atoms with Crippen molar-refractivity contribution in [2.24, 2.45) is 0 Å². The third kappa shape index (κ3) is 2.90. The van der Waals surface area contributed by atoms with Crippen LogP contribution in [0.15, 0.2) is 41.4 Å². The van der Waals surface area contributed by atoms with Gasteiger partial charge in [-0.15, -0.1) is 0 Å². The number of benzene rings is 1. The largest absolute Gasteiger partial charge is 0.263 e. The van der Waals surface area contributed by atoms with Gasteiger partial charge in [-0.2, -0.15) is 5.26 Å². The van der Waals surface area contributed by atoms with Crippen LogP contribution in [0.5, 0.6) is 0 Å². The summed E-state index contributed by atoms with van der Waals surface area (Å²) in [5.74, 6) is 0.0659. The van der Waals surface area contributed by atoms with Crippen molar-refractivity contribution in [2.75, 3.05) is 4.72 Å². The molecule has 0 saturated carbocycles. The Morgan fingerprint density at radius 3 is 2.70 bits per heavy atom. The average Bonchev–Trinajstić information content (AvgIpc) is 2.41. The second-order valence-corrected chi connectivity index (χ2v) is 6.12. The van der Waals surface area contributed by atoms with Gasteiger partial charge < -0.3 is 0 Å². The molecule has 2 aromatic rings. The van der Waals surface area contributed by atoms with Crippen LogP contribution in [-0.2, 0) is 10.0 Å². The lowest BCUT2D eigenvalue weighted by atomic mass is 10.1. The van der Waals surface area contributed by atoms with Crippen molar-refractivity contribution in [3.8, 4) is 6.07 Å². The highest BCUT2D eigenvalue weighted by molar-refractivity contribution is 7.92. The number of rotatable bonds is 3. The topological polar surface area (TPSA) is 82.8 Å². The number of anilines is 1. The summed E-state index contributed by atoms with van der Waals surface area (Å²) in [6.07, 6.45) is 1.44. The summed E-state index contributed by atoms with van der Waals surface area (Å²) in [5.41, 5.74) is 1.02. The zero-order valence-corrected chi connectivity index (χ0v) is 12.0. The number of nitrogens with zero attached hydrogens (tertiary/aromatic N) is 2. The number of aryl methyl sites for hydroxylation is 1. The predicted octanol–water partition coefficient (Wildman–Crippen LogP) is 2.72. The molecule has 0 amide bonds. The zero-order chi connectivity index (χ0) is 14.8. The molecule has 0 fully saturated rings. The van der Waals surface area contributed by atoms with Crippen LogP contribution >= 0.6 is 11.6 Å². The Morgan fingerprint density at radius 2 is 2.10 bits per heavy atom. The van der Waals surface area contributed by atoms with Gasteiger partial charge in [-0.25, -0.2) is 13.4 Å². The zero-order valence-electron chi connectivity index (χ0n) is 10.5. The first-order chi connectivity index (χ1) is 9.44. The summed E-state index contributed by atoms with van der Waals surface area (Å²) in [6, 6.07) is 9.38. The van der Waals surface area contributed by atoms with E-state index in [-0.39, 0.29) is 15.7 Å². The predicted molar refractivity (Wildman–Crippen MR) is 75.9 cm³/mol. The molecule has 1 N–H and O–H groups in total. The van der Waals surface area contributed by atoms with Gasteiger partial charge in [0.2, 0.25) is 0 Å². The van der Waals surface area contributed by atoms with Crippen LogP contribution in [0.4, 0.5) is 5.82 Å². The van der Waals surface area contributed by atoms with E-state index in [0.29, 0.717) is 11.1 Å². The Bertz CT molecular complexity index is 798. The molecular formula is C13H10ClN3O2S. The highest BCUT2D eigenvalue weighted by atomic mass is 35.5. The SMILES string of the molecule is Cc1cc(S(=O)(=O)Nc2ncccc2Cl)ccc1C#N. The van der Waals surface area contributed by atoms with Crippen LogP contribution in [0.2, 0.25) is 5.02 Å². The smallest absolute Gasteiger partial charge is 0.262 e. The second kappa shape index (κ2) is 5.49. The molecule has 2 rings (SSSR count). The van der Waals surface area contributed by atoms with E-state index < -0.39 is 10.0 Å². The standard InChI is InChI=1S/C13H10ClN3O2S/c1-9-7-11(5-4-10(9)8-15)20(18,19)17-13-12(14)3-2-6-16-13/h2-7H,1H3,(H,16,17). The van der Waals surface area contributed by atoms with E-state index in [1.165, 1.54) is 30.5 Å². The van der Waals surface area contributed by atoms with Gasteiger partial charge in [-0.05, 0) is 42.8 Å². The number of halogens is 1. The molecule has 0 aliphatic rings. The maximum Gasteiger partial charge on any atom is 0.263 e. The number of nitriles is 1. The molecule has 102 valence electrons. The molecule has 0 radical (unpaired) electrons. The molecule has 0 saturated heterocycles. The summed E-state index contributed by atoms with van der Waals surface area (Å²) in [4.78, 5) is 3.92. The van der Waals surface area contributed by atoms with Gasteiger partial charge in [0.15, 0.2) is 5.82 Å². The third-order valence-electron chi connectivity index (χ3n) is 2.62. The van der Waals surface area contributed by atoms with E-state index in [0.717, 1.165) is 0 Å². The number of sulfonamides is 1. The first-order valence-corrected chi connectivity index (χ1v) is 7.44. The lowest BCUT2D eigenvalue weighted by Gasteiger charge is -2.09. The Labute approximate surface area is 121 Å². The minimum atomic E-state index is -3.79. The Hall–Kier alpha value is -2.10. The molecule has 0 aliphatic carbocycles. The van der Waals surface area contributed by atoms with Crippen LogP contribution in [0, 0.1) is 18.3 Å². The molecule has 20 heavy (non-hydrogen) atoms. The van der Waals surface area contributed by atoms with Gasteiger partial charge in [-0.1, -0.05) is 11.6 Å². The van der Waals surface area contributed by atoms with E-state index in [2.05, 4.69) is 9.71 Å². The minimum absolute atomic E-state index is 0.0516. The Balaban J connectivity index is 2.39. The van der Waals surface area contributed by atoms with Gasteiger partial charge in [0, 0.05) is 6.20 Å². The summed E-state index contributed by atoms with van der Waals surface area (Å²) in [5, 5.41) is 9.05. The van der Waals surface area contributed by atoms with Gasteiger partial charge >= 0.3 is 0 Å². The van der Waals surface area contributed by atoms with Crippen LogP contribution in [-0.4, -0.2) is 13.4 Å². The number of nitrogens with one attached hydrogen (secondary N) is 1. The number of hydrogen-bond acceptors (Lipinski definition) is 4. The van der Waals surface area contributed by atoms with Crippen molar-refractivity contribution in [3.05, 3.63) is 52.7 Å². The van der Waals surface area contributed by atoms with E-state index in [1.54, 1.807) is 13.0 Å².